The van der Waals surface area contributed by atoms with Crippen LogP contribution in [0.25, 0.3) is 22.3 Å². The van der Waals surface area contributed by atoms with Gasteiger partial charge in [-0.1, -0.05) is 112 Å². The Bertz CT molecular complexity index is 1190. The van der Waals surface area contributed by atoms with Gasteiger partial charge >= 0.3 is 0 Å². The van der Waals surface area contributed by atoms with E-state index >= 15 is 0 Å². The van der Waals surface area contributed by atoms with Crippen molar-refractivity contribution in [2.24, 2.45) is 0 Å². The highest BCUT2D eigenvalue weighted by Gasteiger charge is 2.13. The molecule has 38 heavy (non-hydrogen) atoms. The van der Waals surface area contributed by atoms with Crippen molar-refractivity contribution in [2.45, 2.75) is 78.1 Å². The van der Waals surface area contributed by atoms with Crippen molar-refractivity contribution >= 4 is 0 Å². The van der Waals surface area contributed by atoms with Crippen LogP contribution < -0.4 is 0 Å². The van der Waals surface area contributed by atoms with Crippen molar-refractivity contribution in [2.75, 3.05) is 0 Å². The lowest BCUT2D eigenvalue weighted by atomic mass is 9.93. The zero-order valence-corrected chi connectivity index (χ0v) is 23.0. The Morgan fingerprint density at radius 1 is 0.474 bits per heavy atom. The first-order chi connectivity index (χ1) is 18.6. The molecule has 0 aliphatic carbocycles. The van der Waals surface area contributed by atoms with Gasteiger partial charge in [0, 0.05) is 11.1 Å². The number of rotatable bonds is 13. The lowest BCUT2D eigenvalue weighted by Crippen LogP contribution is -1.95. The Morgan fingerprint density at radius 3 is 1.24 bits per heavy atom. The van der Waals surface area contributed by atoms with E-state index in [-0.39, 0.29) is 0 Å². The van der Waals surface area contributed by atoms with Gasteiger partial charge < -0.3 is 10.2 Å². The molecule has 0 bridgehead atoms. The van der Waals surface area contributed by atoms with E-state index in [1.165, 1.54) is 24.0 Å². The molecule has 0 fully saturated rings. The minimum absolute atomic E-state index is 0.438. The molecule has 0 saturated heterocycles. The molecule has 2 nitrogen and oxygen atoms in total. The average Bonchev–Trinajstić information content (AvgIpc) is 2.95. The summed E-state index contributed by atoms with van der Waals surface area (Å²) in [5.41, 5.74) is 8.83. The Balaban J connectivity index is 1.36. The van der Waals surface area contributed by atoms with E-state index in [1.54, 1.807) is 0 Å². The van der Waals surface area contributed by atoms with E-state index in [1.807, 2.05) is 36.4 Å². The van der Waals surface area contributed by atoms with Gasteiger partial charge in [0.25, 0.3) is 0 Å². The van der Waals surface area contributed by atoms with Gasteiger partial charge in [-0.2, -0.15) is 0 Å². The van der Waals surface area contributed by atoms with E-state index < -0.39 is 0 Å². The van der Waals surface area contributed by atoms with E-state index in [0.717, 1.165) is 84.7 Å². The van der Waals surface area contributed by atoms with Gasteiger partial charge in [-0.05, 0) is 84.0 Å². The van der Waals surface area contributed by atoms with Crippen LogP contribution in [0.5, 0.6) is 11.5 Å². The van der Waals surface area contributed by atoms with Gasteiger partial charge in [0.2, 0.25) is 0 Å². The van der Waals surface area contributed by atoms with Crippen molar-refractivity contribution < 1.29 is 10.2 Å². The number of benzene rings is 4. The monoisotopic (exact) mass is 506 g/mol. The molecule has 0 atom stereocenters. The molecule has 0 heterocycles. The van der Waals surface area contributed by atoms with Crippen molar-refractivity contribution in [3.63, 3.8) is 0 Å². The second kappa shape index (κ2) is 13.9. The van der Waals surface area contributed by atoms with Crippen LogP contribution >= 0.6 is 0 Å². The topological polar surface area (TPSA) is 40.5 Å². The van der Waals surface area contributed by atoms with E-state index in [9.17, 15) is 10.2 Å². The maximum atomic E-state index is 10.9. The fourth-order valence-electron chi connectivity index (χ4n) is 5.42. The molecular formula is C36H42O2. The van der Waals surface area contributed by atoms with Crippen molar-refractivity contribution in [1.82, 2.24) is 0 Å². The largest absolute Gasteiger partial charge is 0.507 e. The lowest BCUT2D eigenvalue weighted by molar-refractivity contribution is 0.468. The second-order valence-electron chi connectivity index (χ2n) is 10.4. The number of phenols is 2. The average molecular weight is 507 g/mol. The third kappa shape index (κ3) is 7.07. The maximum Gasteiger partial charge on any atom is 0.126 e. The van der Waals surface area contributed by atoms with Crippen LogP contribution in [-0.4, -0.2) is 10.2 Å². The van der Waals surface area contributed by atoms with E-state index in [4.69, 9.17) is 0 Å². The van der Waals surface area contributed by atoms with Crippen molar-refractivity contribution in [3.05, 3.63) is 107 Å². The van der Waals surface area contributed by atoms with Gasteiger partial charge in [0.05, 0.1) is 0 Å². The number of hydrogen-bond acceptors (Lipinski definition) is 2. The Hall–Kier alpha value is -3.52. The fourth-order valence-corrected chi connectivity index (χ4v) is 5.42. The molecule has 0 aromatic heterocycles. The molecule has 0 spiro atoms. The summed E-state index contributed by atoms with van der Waals surface area (Å²) in [4.78, 5) is 0. The Kier molecular flexibility index (Phi) is 10.0. The molecule has 0 radical (unpaired) electrons. The van der Waals surface area contributed by atoms with Gasteiger partial charge in [-0.15, -0.1) is 0 Å². The SMILES string of the molecule is CCCc1cc(CCCCCCc2cc(CCC)c(O)c(-c3ccccc3)c2)cc(-c2ccccc2)c1O. The Morgan fingerprint density at radius 2 is 0.868 bits per heavy atom. The molecule has 0 unspecified atom stereocenters. The van der Waals surface area contributed by atoms with E-state index in [0.29, 0.717) is 11.5 Å². The number of phenolic OH excluding ortho intramolecular Hbond substituents is 2. The first-order valence-electron chi connectivity index (χ1n) is 14.4. The lowest BCUT2D eigenvalue weighted by Gasteiger charge is -2.14. The summed E-state index contributed by atoms with van der Waals surface area (Å²) in [6.45, 7) is 4.33. The van der Waals surface area contributed by atoms with Crippen LogP contribution in [0, 0.1) is 0 Å². The molecule has 198 valence electrons. The summed E-state index contributed by atoms with van der Waals surface area (Å²) in [5, 5.41) is 21.8. The summed E-state index contributed by atoms with van der Waals surface area (Å²) < 4.78 is 0. The summed E-state index contributed by atoms with van der Waals surface area (Å²) in [7, 11) is 0. The molecule has 0 aliphatic rings. The number of unbranched alkanes of at least 4 members (excludes halogenated alkanes) is 3. The van der Waals surface area contributed by atoms with Crippen LogP contribution in [-0.2, 0) is 25.7 Å². The van der Waals surface area contributed by atoms with Gasteiger partial charge in [-0.25, -0.2) is 0 Å². The predicted octanol–water partition coefficient (Wildman–Crippen LogP) is 9.68. The van der Waals surface area contributed by atoms with Crippen LogP contribution in [0.15, 0.2) is 84.9 Å². The molecule has 4 rings (SSSR count). The highest BCUT2D eigenvalue weighted by molar-refractivity contribution is 5.73. The normalized spacial score (nSPS) is 11.1. The van der Waals surface area contributed by atoms with Crippen LogP contribution in [0.2, 0.25) is 0 Å². The Labute approximate surface area is 229 Å². The van der Waals surface area contributed by atoms with E-state index in [2.05, 4.69) is 62.4 Å². The van der Waals surface area contributed by atoms with Gasteiger partial charge in [0.1, 0.15) is 11.5 Å². The van der Waals surface area contributed by atoms with Crippen LogP contribution in [0.1, 0.15) is 74.6 Å². The van der Waals surface area contributed by atoms with Crippen LogP contribution in [0.3, 0.4) is 0 Å². The first kappa shape index (κ1) is 27.5. The predicted molar refractivity (Wildman–Crippen MR) is 161 cm³/mol. The molecule has 4 aromatic carbocycles. The third-order valence-electron chi connectivity index (χ3n) is 7.39. The zero-order valence-electron chi connectivity index (χ0n) is 23.0. The zero-order chi connectivity index (χ0) is 26.7. The summed E-state index contributed by atoms with van der Waals surface area (Å²) in [5.74, 6) is 0.876. The van der Waals surface area contributed by atoms with Crippen molar-refractivity contribution in [1.29, 1.82) is 0 Å². The number of aromatic hydroxyl groups is 2. The number of hydrogen-bond donors (Lipinski definition) is 2. The third-order valence-corrected chi connectivity index (χ3v) is 7.39. The molecule has 4 aromatic rings. The minimum atomic E-state index is 0.438. The number of aryl methyl sites for hydroxylation is 4. The summed E-state index contributed by atoms with van der Waals surface area (Å²) in [6, 6.07) is 29.2. The van der Waals surface area contributed by atoms with Crippen LogP contribution in [0.4, 0.5) is 0 Å². The maximum absolute atomic E-state index is 10.9. The van der Waals surface area contributed by atoms with Gasteiger partial charge in [0.15, 0.2) is 0 Å². The molecule has 2 heteroatoms. The quantitative estimate of drug-likeness (QED) is 0.177. The second-order valence-corrected chi connectivity index (χ2v) is 10.4. The molecule has 0 aliphatic heterocycles. The standard InChI is InChI=1S/C36H42O2/c1-3-15-31-23-27(25-33(35(31)37)29-19-11-7-12-20-29)17-9-5-6-10-18-28-24-32(16-4-2)36(38)34(26-28)30-21-13-8-14-22-30/h7-8,11-14,19-26,37-38H,3-6,9-10,15-18H2,1-2H3. The molecular weight excluding hydrogens is 464 g/mol. The molecule has 2 N–H and O–H groups in total. The van der Waals surface area contributed by atoms with Gasteiger partial charge in [-0.3, -0.25) is 0 Å². The minimum Gasteiger partial charge on any atom is -0.507 e. The smallest absolute Gasteiger partial charge is 0.126 e. The first-order valence-corrected chi connectivity index (χ1v) is 14.4. The molecule has 0 saturated carbocycles. The highest BCUT2D eigenvalue weighted by Crippen LogP contribution is 2.36. The summed E-state index contributed by atoms with van der Waals surface area (Å²) in [6.07, 6.45) is 10.6. The summed E-state index contributed by atoms with van der Waals surface area (Å²) >= 11 is 0. The fraction of sp³-hybridized carbons (Fsp3) is 0.333. The highest BCUT2D eigenvalue weighted by atomic mass is 16.3. The van der Waals surface area contributed by atoms with Crippen molar-refractivity contribution in [3.8, 4) is 33.8 Å². The molecule has 0 amide bonds.